The van der Waals surface area contributed by atoms with Crippen molar-refractivity contribution in [1.82, 2.24) is 15.3 Å². The molecule has 7 nitrogen and oxygen atoms in total. The summed E-state index contributed by atoms with van der Waals surface area (Å²) >= 11 is 5.27. The van der Waals surface area contributed by atoms with Crippen LogP contribution < -0.4 is 16.0 Å². The third-order valence-electron chi connectivity index (χ3n) is 4.41. The number of nitrogens with two attached hydrogens (primary N) is 1. The van der Waals surface area contributed by atoms with Gasteiger partial charge in [-0.05, 0) is 25.6 Å². The van der Waals surface area contributed by atoms with Crippen molar-refractivity contribution in [2.45, 2.75) is 18.6 Å². The van der Waals surface area contributed by atoms with Crippen LogP contribution in [0, 0.1) is 0 Å². The molecule has 1 fully saturated rings. The van der Waals surface area contributed by atoms with Gasteiger partial charge in [-0.3, -0.25) is 0 Å². The number of alkyl halides is 3. The van der Waals surface area contributed by atoms with Crippen LogP contribution in [0.4, 0.5) is 24.9 Å². The number of hydrogen-bond acceptors (Lipinski definition) is 7. The van der Waals surface area contributed by atoms with E-state index < -0.39 is 12.1 Å². The topological polar surface area (TPSA) is 104 Å². The van der Waals surface area contributed by atoms with Gasteiger partial charge < -0.3 is 21.1 Å². The predicted molar refractivity (Wildman–Crippen MR) is 110 cm³/mol. The number of nitrogens with one attached hydrogen (secondary N) is 1. The Morgan fingerprint density at radius 2 is 2.10 bits per heavy atom. The lowest BCUT2D eigenvalue weighted by Crippen LogP contribution is -2.30. The minimum absolute atomic E-state index is 0.345. The standard InChI is InChI=1S/C15H16BrN5S.C2HF3O2/c1-18-9-4-5-21(7-9)14-13-12(19-15(17)20-14)10-3-2-8(16)6-11(10)22-13;3-2(4,5)1(6)7/h2-3,6,9,18H,4-5,7H2,1H3,(H2,17,19,20);(H,6,7)/t9-;/m0./s1. The van der Waals surface area contributed by atoms with Gasteiger partial charge in [-0.1, -0.05) is 22.0 Å². The van der Waals surface area contributed by atoms with E-state index in [1.165, 1.54) is 4.70 Å². The van der Waals surface area contributed by atoms with Gasteiger partial charge in [0.05, 0.1) is 10.2 Å². The summed E-state index contributed by atoms with van der Waals surface area (Å²) in [4.78, 5) is 20.2. The number of carboxylic acids is 1. The molecule has 156 valence electrons. The highest BCUT2D eigenvalue weighted by Crippen LogP contribution is 2.39. The summed E-state index contributed by atoms with van der Waals surface area (Å²) in [5, 5.41) is 11.6. The zero-order valence-corrected chi connectivity index (χ0v) is 17.5. The highest BCUT2D eigenvalue weighted by Gasteiger charge is 2.38. The molecule has 1 atom stereocenters. The van der Waals surface area contributed by atoms with E-state index in [0.29, 0.717) is 12.0 Å². The van der Waals surface area contributed by atoms with Crippen molar-refractivity contribution in [2.24, 2.45) is 0 Å². The monoisotopic (exact) mass is 491 g/mol. The molecule has 4 N–H and O–H groups in total. The maximum atomic E-state index is 10.6. The van der Waals surface area contributed by atoms with Gasteiger partial charge in [0.25, 0.3) is 0 Å². The third-order valence-corrected chi connectivity index (χ3v) is 6.05. The molecule has 0 amide bonds. The summed E-state index contributed by atoms with van der Waals surface area (Å²) in [6.45, 7) is 1.95. The number of halogens is 4. The van der Waals surface area contributed by atoms with E-state index in [1.807, 2.05) is 13.1 Å². The smallest absolute Gasteiger partial charge is 0.475 e. The number of aliphatic carboxylic acids is 1. The first-order chi connectivity index (χ1) is 13.6. The molecule has 1 aliphatic heterocycles. The van der Waals surface area contributed by atoms with Gasteiger partial charge in [-0.15, -0.1) is 11.3 Å². The number of aromatic nitrogens is 2. The molecule has 0 saturated carbocycles. The molecule has 3 heterocycles. The number of benzene rings is 1. The lowest BCUT2D eigenvalue weighted by atomic mass is 10.2. The molecule has 1 aromatic carbocycles. The number of fused-ring (bicyclic) bond motifs is 3. The molecular formula is C17H17BrF3N5O2S. The number of carbonyl (C=O) groups is 1. The second-order valence-corrected chi connectivity index (χ2v) is 8.32. The van der Waals surface area contributed by atoms with Crippen molar-refractivity contribution < 1.29 is 23.1 Å². The van der Waals surface area contributed by atoms with Crippen LogP contribution >= 0.6 is 27.3 Å². The molecule has 1 aliphatic rings. The number of carboxylic acid groups (broad SMARTS) is 1. The Hall–Kier alpha value is -2.18. The van der Waals surface area contributed by atoms with Crippen LogP contribution in [0.25, 0.3) is 20.3 Å². The number of nitrogen functional groups attached to an aromatic ring is 1. The van der Waals surface area contributed by atoms with Crippen molar-refractivity contribution in [3.05, 3.63) is 22.7 Å². The molecule has 1 saturated heterocycles. The zero-order valence-electron chi connectivity index (χ0n) is 15.1. The normalized spacial score (nSPS) is 16.9. The van der Waals surface area contributed by atoms with Gasteiger partial charge in [-0.25, -0.2) is 9.78 Å². The lowest BCUT2D eigenvalue weighted by Gasteiger charge is -2.18. The number of hydrogen-bond donors (Lipinski definition) is 3. The summed E-state index contributed by atoms with van der Waals surface area (Å²) < 4.78 is 35.1. The molecular weight excluding hydrogens is 475 g/mol. The van der Waals surface area contributed by atoms with Gasteiger partial charge in [-0.2, -0.15) is 18.2 Å². The maximum Gasteiger partial charge on any atom is 0.490 e. The van der Waals surface area contributed by atoms with Gasteiger partial charge in [0.2, 0.25) is 5.95 Å². The fraction of sp³-hybridized carbons (Fsp3) is 0.353. The summed E-state index contributed by atoms with van der Waals surface area (Å²) in [5.74, 6) is -1.44. The minimum atomic E-state index is -5.08. The quantitative estimate of drug-likeness (QED) is 0.502. The Labute approximate surface area is 175 Å². The second kappa shape index (κ2) is 8.28. The molecule has 3 aromatic rings. The third kappa shape index (κ3) is 4.70. The molecule has 0 unspecified atom stereocenters. The number of likely N-dealkylation sites (N-methyl/N-ethyl adjacent to an activating group) is 1. The zero-order chi connectivity index (χ0) is 21.3. The van der Waals surface area contributed by atoms with E-state index in [0.717, 1.165) is 45.4 Å². The largest absolute Gasteiger partial charge is 0.490 e. The number of nitrogens with zero attached hydrogens (tertiary/aromatic N) is 3. The Morgan fingerprint density at radius 1 is 1.41 bits per heavy atom. The minimum Gasteiger partial charge on any atom is -0.475 e. The van der Waals surface area contributed by atoms with E-state index >= 15 is 0 Å². The van der Waals surface area contributed by atoms with Gasteiger partial charge in [0, 0.05) is 33.7 Å². The van der Waals surface area contributed by atoms with Crippen LogP contribution in [0.2, 0.25) is 0 Å². The summed E-state index contributed by atoms with van der Waals surface area (Å²) in [6.07, 6.45) is -3.96. The van der Waals surface area contributed by atoms with Crippen LogP contribution in [0.5, 0.6) is 0 Å². The molecule has 0 spiro atoms. The Bertz CT molecular complexity index is 1060. The fourth-order valence-electron chi connectivity index (χ4n) is 3.02. The molecule has 0 aliphatic carbocycles. The van der Waals surface area contributed by atoms with Crippen LogP contribution in [0.3, 0.4) is 0 Å². The van der Waals surface area contributed by atoms with E-state index in [9.17, 15) is 13.2 Å². The molecule has 0 radical (unpaired) electrons. The lowest BCUT2D eigenvalue weighted by molar-refractivity contribution is -0.192. The summed E-state index contributed by atoms with van der Waals surface area (Å²) in [5.41, 5.74) is 6.93. The second-order valence-electron chi connectivity index (χ2n) is 6.35. The van der Waals surface area contributed by atoms with Gasteiger partial charge in [0.15, 0.2) is 5.82 Å². The van der Waals surface area contributed by atoms with E-state index in [-0.39, 0.29) is 0 Å². The highest BCUT2D eigenvalue weighted by atomic mass is 79.9. The number of anilines is 2. The first-order valence-corrected chi connectivity index (χ1v) is 10.1. The Balaban J connectivity index is 0.000000298. The van der Waals surface area contributed by atoms with Crippen LogP contribution in [0.15, 0.2) is 22.7 Å². The average molecular weight is 492 g/mol. The summed E-state index contributed by atoms with van der Waals surface area (Å²) in [6, 6.07) is 6.77. The SMILES string of the molecule is CN[C@H]1CCN(c2nc(N)nc3c2sc2cc(Br)ccc23)C1.O=C(O)C(F)(F)F. The average Bonchev–Trinajstić information content (AvgIpc) is 3.25. The first-order valence-electron chi connectivity index (χ1n) is 8.47. The van der Waals surface area contributed by atoms with Crippen LogP contribution in [-0.2, 0) is 4.79 Å². The Morgan fingerprint density at radius 3 is 2.69 bits per heavy atom. The highest BCUT2D eigenvalue weighted by molar-refractivity contribution is 9.10. The van der Waals surface area contributed by atoms with E-state index in [2.05, 4.69) is 48.2 Å². The van der Waals surface area contributed by atoms with Crippen molar-refractivity contribution in [2.75, 3.05) is 30.8 Å². The van der Waals surface area contributed by atoms with Gasteiger partial charge in [0.1, 0.15) is 0 Å². The Kier molecular flexibility index (Phi) is 6.15. The predicted octanol–water partition coefficient (Wildman–Crippen LogP) is 3.62. The van der Waals surface area contributed by atoms with Crippen molar-refractivity contribution in [3.8, 4) is 0 Å². The van der Waals surface area contributed by atoms with Crippen LogP contribution in [-0.4, -0.2) is 53.4 Å². The molecule has 0 bridgehead atoms. The van der Waals surface area contributed by atoms with Gasteiger partial charge >= 0.3 is 12.1 Å². The molecule has 12 heteroatoms. The number of rotatable bonds is 2. The molecule has 4 rings (SSSR count). The van der Waals surface area contributed by atoms with E-state index in [4.69, 9.17) is 15.6 Å². The molecule has 29 heavy (non-hydrogen) atoms. The summed E-state index contributed by atoms with van der Waals surface area (Å²) in [7, 11) is 2.01. The maximum absolute atomic E-state index is 10.6. The van der Waals surface area contributed by atoms with Crippen molar-refractivity contribution in [3.63, 3.8) is 0 Å². The fourth-order valence-corrected chi connectivity index (χ4v) is 4.73. The first kappa shape index (κ1) is 21.5. The van der Waals surface area contributed by atoms with Crippen molar-refractivity contribution in [1.29, 1.82) is 0 Å². The van der Waals surface area contributed by atoms with Crippen LogP contribution in [0.1, 0.15) is 6.42 Å². The molecule has 2 aromatic heterocycles. The van der Waals surface area contributed by atoms with Crippen molar-refractivity contribution >= 4 is 65.3 Å². The van der Waals surface area contributed by atoms with E-state index in [1.54, 1.807) is 11.3 Å². The number of thiophene rings is 1.